The van der Waals surface area contributed by atoms with Crippen molar-refractivity contribution < 1.29 is 14.3 Å². The molecule has 4 heterocycles. The summed E-state index contributed by atoms with van der Waals surface area (Å²) in [6.45, 7) is 4.88. The highest BCUT2D eigenvalue weighted by molar-refractivity contribution is 5.87. The van der Waals surface area contributed by atoms with Gasteiger partial charge in [0.15, 0.2) is 11.6 Å². The molecule has 28 heavy (non-hydrogen) atoms. The van der Waals surface area contributed by atoms with Crippen molar-refractivity contribution in [1.29, 1.82) is 0 Å². The lowest BCUT2D eigenvalue weighted by atomic mass is 10.0. The molecule has 3 N–H and O–H groups in total. The molecule has 0 spiro atoms. The van der Waals surface area contributed by atoms with Gasteiger partial charge in [-0.15, -0.1) is 0 Å². The number of aliphatic hydroxyl groups is 1. The zero-order valence-electron chi connectivity index (χ0n) is 15.7. The summed E-state index contributed by atoms with van der Waals surface area (Å²) in [5.41, 5.74) is 2.05. The Kier molecular flexibility index (Phi) is 4.86. The van der Waals surface area contributed by atoms with Crippen LogP contribution in [0.15, 0.2) is 25.0 Å². The molecular formula is C19H23FN6O2. The maximum absolute atomic E-state index is 15.1. The Morgan fingerprint density at radius 3 is 3.07 bits per heavy atom. The summed E-state index contributed by atoms with van der Waals surface area (Å²) >= 11 is 0. The van der Waals surface area contributed by atoms with Crippen LogP contribution in [0.3, 0.4) is 0 Å². The zero-order valence-corrected chi connectivity index (χ0v) is 15.7. The maximum atomic E-state index is 15.1. The summed E-state index contributed by atoms with van der Waals surface area (Å²) in [6, 6.07) is -0.112. The van der Waals surface area contributed by atoms with Crippen LogP contribution in [-0.2, 0) is 18.4 Å². The minimum atomic E-state index is -0.975. The smallest absolute Gasteiger partial charge is 0.246 e. The van der Waals surface area contributed by atoms with Crippen molar-refractivity contribution in [2.75, 3.05) is 18.4 Å². The van der Waals surface area contributed by atoms with Gasteiger partial charge in [-0.1, -0.05) is 6.58 Å². The van der Waals surface area contributed by atoms with Crippen LogP contribution < -0.4 is 10.6 Å². The predicted octanol–water partition coefficient (Wildman–Crippen LogP) is 1.30. The van der Waals surface area contributed by atoms with Crippen molar-refractivity contribution in [3.63, 3.8) is 0 Å². The Labute approximate surface area is 162 Å². The van der Waals surface area contributed by atoms with Gasteiger partial charge in [0.2, 0.25) is 5.91 Å². The lowest BCUT2D eigenvalue weighted by molar-refractivity contribution is -0.127. The Bertz CT molecular complexity index is 927. The molecule has 0 saturated carbocycles. The Balaban J connectivity index is 1.68. The summed E-state index contributed by atoms with van der Waals surface area (Å²) in [5, 5.41) is 20.5. The predicted molar refractivity (Wildman–Crippen MR) is 102 cm³/mol. The number of nitrogens with zero attached hydrogens (tertiary/aromatic N) is 4. The topological polar surface area (TPSA) is 95.3 Å². The monoisotopic (exact) mass is 386 g/mol. The summed E-state index contributed by atoms with van der Waals surface area (Å²) in [7, 11) is 1.79. The number of carbonyl (C=O) groups excluding carboxylic acids is 1. The number of rotatable bonds is 4. The highest BCUT2D eigenvalue weighted by atomic mass is 19.1. The number of fused-ring (bicyclic) bond motifs is 1. The van der Waals surface area contributed by atoms with Crippen molar-refractivity contribution in [2.45, 2.75) is 31.7 Å². The molecule has 2 aromatic rings. The number of pyridine rings is 1. The van der Waals surface area contributed by atoms with Crippen LogP contribution in [0, 0.1) is 5.82 Å². The van der Waals surface area contributed by atoms with Crippen LogP contribution in [0.25, 0.3) is 11.3 Å². The molecule has 2 atom stereocenters. The Hall–Kier alpha value is -2.78. The number of aromatic nitrogens is 3. The van der Waals surface area contributed by atoms with Crippen molar-refractivity contribution in [3.8, 4) is 11.3 Å². The van der Waals surface area contributed by atoms with E-state index in [9.17, 15) is 9.90 Å². The van der Waals surface area contributed by atoms with Gasteiger partial charge in [0, 0.05) is 55.6 Å². The molecule has 1 saturated heterocycles. The number of halogens is 1. The molecule has 9 heteroatoms. The van der Waals surface area contributed by atoms with Gasteiger partial charge in [-0.2, -0.15) is 5.10 Å². The molecule has 0 aromatic carbocycles. The molecule has 0 bridgehead atoms. The summed E-state index contributed by atoms with van der Waals surface area (Å²) in [6.07, 6.45) is 5.36. The van der Waals surface area contributed by atoms with Crippen LogP contribution in [-0.4, -0.2) is 49.8 Å². The summed E-state index contributed by atoms with van der Waals surface area (Å²) < 4.78 is 16.8. The number of carbonyl (C=O) groups is 1. The first-order valence-corrected chi connectivity index (χ1v) is 9.28. The van der Waals surface area contributed by atoms with Gasteiger partial charge >= 0.3 is 0 Å². The summed E-state index contributed by atoms with van der Waals surface area (Å²) in [4.78, 5) is 18.1. The second-order valence-electron chi connectivity index (χ2n) is 7.17. The minimum Gasteiger partial charge on any atom is -0.374 e. The largest absolute Gasteiger partial charge is 0.374 e. The Morgan fingerprint density at radius 2 is 2.36 bits per heavy atom. The number of aliphatic hydroxyl groups excluding tert-OH is 1. The fourth-order valence-electron chi connectivity index (χ4n) is 3.87. The fourth-order valence-corrected chi connectivity index (χ4v) is 3.87. The minimum absolute atomic E-state index is 0.112. The fraction of sp³-hybridized carbons (Fsp3) is 0.421. The highest BCUT2D eigenvalue weighted by Crippen LogP contribution is 2.36. The number of nitrogens with one attached hydrogen (secondary N) is 2. The van der Waals surface area contributed by atoms with Crippen molar-refractivity contribution in [2.24, 2.45) is 7.05 Å². The average molecular weight is 386 g/mol. The van der Waals surface area contributed by atoms with Gasteiger partial charge in [0.25, 0.3) is 0 Å². The molecule has 1 unspecified atom stereocenters. The molecule has 0 radical (unpaired) electrons. The number of likely N-dealkylation sites (tertiary alicyclic amines) is 1. The molecule has 2 aliphatic rings. The van der Waals surface area contributed by atoms with Crippen LogP contribution in [0.5, 0.6) is 0 Å². The number of piperidine rings is 1. The van der Waals surface area contributed by atoms with Crippen molar-refractivity contribution in [1.82, 2.24) is 25.0 Å². The van der Waals surface area contributed by atoms with E-state index in [2.05, 4.69) is 27.3 Å². The van der Waals surface area contributed by atoms with Gasteiger partial charge < -0.3 is 15.3 Å². The van der Waals surface area contributed by atoms with E-state index in [0.717, 1.165) is 12.8 Å². The zero-order chi connectivity index (χ0) is 19.8. The molecule has 8 nitrogen and oxygen atoms in total. The van der Waals surface area contributed by atoms with Gasteiger partial charge in [0.1, 0.15) is 6.23 Å². The van der Waals surface area contributed by atoms with Crippen LogP contribution in [0.1, 0.15) is 30.2 Å². The van der Waals surface area contributed by atoms with E-state index in [-0.39, 0.29) is 24.3 Å². The molecule has 2 aromatic heterocycles. The lowest BCUT2D eigenvalue weighted by Crippen LogP contribution is -2.44. The number of aryl methyl sites for hydroxylation is 1. The van der Waals surface area contributed by atoms with Gasteiger partial charge in [-0.25, -0.2) is 9.37 Å². The van der Waals surface area contributed by atoms with E-state index in [4.69, 9.17) is 0 Å². The molecule has 1 fully saturated rings. The number of hydrogen-bond donors (Lipinski definition) is 3. The van der Waals surface area contributed by atoms with Crippen molar-refractivity contribution in [3.05, 3.63) is 42.0 Å². The molecule has 0 aliphatic carbocycles. The van der Waals surface area contributed by atoms with Gasteiger partial charge in [-0.05, 0) is 18.9 Å². The Morgan fingerprint density at radius 1 is 1.54 bits per heavy atom. The van der Waals surface area contributed by atoms with E-state index in [1.165, 1.54) is 6.08 Å². The third-order valence-corrected chi connectivity index (χ3v) is 5.25. The van der Waals surface area contributed by atoms with E-state index in [0.29, 0.717) is 35.5 Å². The highest BCUT2D eigenvalue weighted by Gasteiger charge is 2.32. The maximum Gasteiger partial charge on any atom is 0.246 e. The van der Waals surface area contributed by atoms with Crippen molar-refractivity contribution >= 4 is 11.7 Å². The van der Waals surface area contributed by atoms with E-state index >= 15 is 4.39 Å². The number of hydrogen-bond acceptors (Lipinski definition) is 6. The second kappa shape index (κ2) is 7.33. The normalized spacial score (nSPS) is 21.5. The first-order chi connectivity index (χ1) is 13.5. The summed E-state index contributed by atoms with van der Waals surface area (Å²) in [5.74, 6) is -0.470. The molecule has 148 valence electrons. The molecule has 1 amide bonds. The van der Waals surface area contributed by atoms with E-state index in [1.54, 1.807) is 29.0 Å². The molecule has 2 aliphatic heterocycles. The molecule has 4 rings (SSSR count). The number of amides is 1. The van der Waals surface area contributed by atoms with Crippen LogP contribution in [0.2, 0.25) is 0 Å². The quantitative estimate of drug-likeness (QED) is 0.686. The first-order valence-electron chi connectivity index (χ1n) is 9.28. The van der Waals surface area contributed by atoms with E-state index in [1.807, 2.05) is 0 Å². The molecular weight excluding hydrogens is 363 g/mol. The third-order valence-electron chi connectivity index (χ3n) is 5.25. The number of anilines is 1. The van der Waals surface area contributed by atoms with Crippen LogP contribution >= 0.6 is 0 Å². The van der Waals surface area contributed by atoms with Gasteiger partial charge in [-0.3, -0.25) is 14.8 Å². The lowest BCUT2D eigenvalue weighted by Gasteiger charge is -2.33. The van der Waals surface area contributed by atoms with E-state index < -0.39 is 12.0 Å². The standard InChI is InChI=1S/C19H23FN6O2/c1-3-14(27)26-6-4-5-12(10-26)23-18-16(20)13-8-21-19(28)15(13)17(24-18)11-7-22-25(2)9-11/h3,7,9,12,19,21,28H,1,4-6,8,10H2,2H3,(H,23,24)/t12-,19?/m0/s1. The first kappa shape index (κ1) is 18.6. The second-order valence-corrected chi connectivity index (χ2v) is 7.17. The SMILES string of the molecule is C=CC(=O)N1CCC[C@H](Nc2nc(-c3cnn(C)c3)c3c(c2F)CNC3O)C1. The van der Waals surface area contributed by atoms with Crippen LogP contribution in [0.4, 0.5) is 10.2 Å². The third kappa shape index (κ3) is 3.27. The average Bonchev–Trinajstić information content (AvgIpc) is 3.30. The van der Waals surface area contributed by atoms with Gasteiger partial charge in [0.05, 0.1) is 11.9 Å².